The van der Waals surface area contributed by atoms with E-state index in [0.29, 0.717) is 43.0 Å². The maximum Gasteiger partial charge on any atom is 0.259 e. The Morgan fingerprint density at radius 3 is 2.68 bits per heavy atom. The fourth-order valence-electron chi connectivity index (χ4n) is 5.78. The molecule has 1 aromatic heterocycles. The average molecular weight is 523 g/mol. The van der Waals surface area contributed by atoms with E-state index < -0.39 is 0 Å². The summed E-state index contributed by atoms with van der Waals surface area (Å²) in [5, 5.41) is 3.28. The third kappa shape index (κ3) is 6.81. The van der Waals surface area contributed by atoms with Crippen LogP contribution in [0.1, 0.15) is 48.5 Å². The van der Waals surface area contributed by atoms with Gasteiger partial charge in [0.1, 0.15) is 11.6 Å². The summed E-state index contributed by atoms with van der Waals surface area (Å²) in [6.07, 6.45) is 7.42. The number of ether oxygens (including phenoxy) is 2. The first-order valence-electron chi connectivity index (χ1n) is 14.2. The first-order valence-corrected chi connectivity index (χ1v) is 14.2. The van der Waals surface area contributed by atoms with Gasteiger partial charge in [-0.2, -0.15) is 4.98 Å². The summed E-state index contributed by atoms with van der Waals surface area (Å²) in [4.78, 5) is 30.1. The van der Waals surface area contributed by atoms with Gasteiger partial charge in [-0.15, -0.1) is 0 Å². The van der Waals surface area contributed by atoms with Crippen LogP contribution < -0.4 is 15.0 Å². The van der Waals surface area contributed by atoms with Crippen LogP contribution in [0, 0.1) is 5.92 Å². The number of likely N-dealkylation sites (tertiary alicyclic amines) is 2. The van der Waals surface area contributed by atoms with E-state index in [0.717, 1.165) is 50.2 Å². The van der Waals surface area contributed by atoms with Crippen molar-refractivity contribution >= 4 is 17.7 Å². The second-order valence-corrected chi connectivity index (χ2v) is 10.9. The zero-order valence-corrected chi connectivity index (χ0v) is 22.9. The summed E-state index contributed by atoms with van der Waals surface area (Å²) in [7, 11) is 1.68. The van der Waals surface area contributed by atoms with Crippen molar-refractivity contribution < 1.29 is 14.3 Å². The predicted octanol–water partition coefficient (Wildman–Crippen LogP) is 3.31. The van der Waals surface area contributed by atoms with E-state index in [-0.39, 0.29) is 11.9 Å². The highest BCUT2D eigenvalue weighted by Crippen LogP contribution is 2.28. The molecule has 5 rings (SSSR count). The molecule has 0 radical (unpaired) electrons. The molecule has 0 saturated carbocycles. The number of nitrogens with zero attached hydrogens (tertiary/aromatic N) is 5. The fraction of sp³-hybridized carbons (Fsp3) is 0.621. The highest BCUT2D eigenvalue weighted by Gasteiger charge is 2.28. The molecule has 9 nitrogen and oxygen atoms in total. The number of rotatable bonds is 11. The molecule has 1 atom stereocenters. The molecule has 9 heteroatoms. The third-order valence-corrected chi connectivity index (χ3v) is 7.97. The third-order valence-electron chi connectivity index (χ3n) is 7.97. The van der Waals surface area contributed by atoms with Gasteiger partial charge < -0.3 is 24.6 Å². The van der Waals surface area contributed by atoms with Gasteiger partial charge in [0.05, 0.1) is 13.2 Å². The quantitative estimate of drug-likeness (QED) is 0.481. The van der Waals surface area contributed by atoms with Crippen molar-refractivity contribution in [2.75, 3.05) is 76.4 Å². The molecule has 38 heavy (non-hydrogen) atoms. The Balaban J connectivity index is 1.28. The number of aromatic nitrogens is 2. The van der Waals surface area contributed by atoms with Crippen LogP contribution in [0.25, 0.3) is 0 Å². The SMILES string of the molecule is COC[C@H](C)Nc1nccc(N(CC2CCN(CCN3CCCC3)CC2)C(=O)c2ccc3c(c2)CCO3)n1. The Bertz CT molecular complexity index is 1070. The van der Waals surface area contributed by atoms with E-state index in [1.54, 1.807) is 13.3 Å². The Hall–Kier alpha value is -2.75. The Kier molecular flexibility index (Phi) is 9.09. The smallest absolute Gasteiger partial charge is 0.259 e. The van der Waals surface area contributed by atoms with Crippen LogP contribution in [0.3, 0.4) is 0 Å². The number of anilines is 2. The zero-order valence-electron chi connectivity index (χ0n) is 22.9. The molecule has 1 amide bonds. The molecule has 2 fully saturated rings. The van der Waals surface area contributed by atoms with Crippen molar-refractivity contribution in [2.45, 2.75) is 45.1 Å². The van der Waals surface area contributed by atoms with Gasteiger partial charge in [-0.25, -0.2) is 4.98 Å². The van der Waals surface area contributed by atoms with Crippen LogP contribution >= 0.6 is 0 Å². The molecule has 1 N–H and O–H groups in total. The van der Waals surface area contributed by atoms with Gasteiger partial charge >= 0.3 is 0 Å². The number of nitrogens with one attached hydrogen (secondary N) is 1. The van der Waals surface area contributed by atoms with Gasteiger partial charge in [0.25, 0.3) is 5.91 Å². The lowest BCUT2D eigenvalue weighted by Gasteiger charge is -2.35. The zero-order chi connectivity index (χ0) is 26.3. The molecule has 0 aliphatic carbocycles. The first kappa shape index (κ1) is 26.8. The van der Waals surface area contributed by atoms with Gasteiger partial charge in [0, 0.05) is 51.0 Å². The van der Waals surface area contributed by atoms with E-state index >= 15 is 0 Å². The number of methoxy groups -OCH3 is 1. The summed E-state index contributed by atoms with van der Waals surface area (Å²) in [5.41, 5.74) is 1.78. The van der Waals surface area contributed by atoms with Gasteiger partial charge in [-0.1, -0.05) is 0 Å². The van der Waals surface area contributed by atoms with Gasteiger partial charge in [0.15, 0.2) is 0 Å². The molecule has 3 aliphatic heterocycles. The van der Waals surface area contributed by atoms with Crippen LogP contribution in [0.15, 0.2) is 30.5 Å². The Morgan fingerprint density at radius 1 is 1.16 bits per heavy atom. The Labute approximate surface area is 226 Å². The van der Waals surface area contributed by atoms with Gasteiger partial charge in [-0.3, -0.25) is 9.69 Å². The van der Waals surface area contributed by atoms with Crippen molar-refractivity contribution in [2.24, 2.45) is 5.92 Å². The summed E-state index contributed by atoms with van der Waals surface area (Å²) in [6, 6.07) is 7.68. The lowest BCUT2D eigenvalue weighted by molar-refractivity contribution is 0.0973. The predicted molar refractivity (Wildman–Crippen MR) is 149 cm³/mol. The molecule has 1 aromatic carbocycles. The second-order valence-electron chi connectivity index (χ2n) is 10.9. The lowest BCUT2D eigenvalue weighted by atomic mass is 9.95. The van der Waals surface area contributed by atoms with E-state index in [2.05, 4.69) is 20.1 Å². The second kappa shape index (κ2) is 12.9. The number of benzene rings is 1. The number of carbonyl (C=O) groups is 1. The molecular formula is C29H42N6O3. The summed E-state index contributed by atoms with van der Waals surface area (Å²) in [6.45, 7) is 10.9. The highest BCUT2D eigenvalue weighted by atomic mass is 16.5. The molecule has 0 bridgehead atoms. The van der Waals surface area contributed by atoms with Crippen LogP contribution in [0.4, 0.5) is 11.8 Å². The number of hydrogen-bond donors (Lipinski definition) is 1. The minimum Gasteiger partial charge on any atom is -0.493 e. The number of hydrogen-bond acceptors (Lipinski definition) is 8. The largest absolute Gasteiger partial charge is 0.493 e. The molecular weight excluding hydrogens is 480 g/mol. The summed E-state index contributed by atoms with van der Waals surface area (Å²) < 4.78 is 10.9. The maximum atomic E-state index is 13.9. The van der Waals surface area contributed by atoms with E-state index in [1.807, 2.05) is 36.1 Å². The van der Waals surface area contributed by atoms with Crippen LogP contribution in [-0.4, -0.2) is 97.9 Å². The van der Waals surface area contributed by atoms with Crippen molar-refractivity contribution in [3.63, 3.8) is 0 Å². The number of amides is 1. The van der Waals surface area contributed by atoms with Crippen LogP contribution in [0.5, 0.6) is 5.75 Å². The molecule has 0 unspecified atom stereocenters. The van der Waals surface area contributed by atoms with Crippen molar-refractivity contribution in [1.29, 1.82) is 0 Å². The highest BCUT2D eigenvalue weighted by molar-refractivity contribution is 6.05. The summed E-state index contributed by atoms with van der Waals surface area (Å²) >= 11 is 0. The van der Waals surface area contributed by atoms with Crippen molar-refractivity contribution in [1.82, 2.24) is 19.8 Å². The monoisotopic (exact) mass is 522 g/mol. The van der Waals surface area contributed by atoms with Gasteiger partial charge in [-0.05, 0) is 94.5 Å². The molecule has 4 heterocycles. The minimum atomic E-state index is -0.0225. The standard InChI is InChI=1S/C29H42N6O3/c1-22(21-37-2)31-29-30-11-7-27(32-29)35(28(36)25-5-6-26-24(19-25)10-18-38-26)20-23-8-14-34(15-9-23)17-16-33-12-3-4-13-33/h5-7,11,19,22-23H,3-4,8-10,12-18,20-21H2,1-2H3,(H,30,31,32)/t22-/m0/s1. The Morgan fingerprint density at radius 2 is 1.92 bits per heavy atom. The van der Waals surface area contributed by atoms with Crippen LogP contribution in [0.2, 0.25) is 0 Å². The fourth-order valence-corrected chi connectivity index (χ4v) is 5.78. The van der Waals surface area contributed by atoms with E-state index in [9.17, 15) is 4.79 Å². The normalized spacial score (nSPS) is 19.2. The molecule has 206 valence electrons. The molecule has 2 aromatic rings. The van der Waals surface area contributed by atoms with E-state index in [1.165, 1.54) is 32.5 Å². The number of piperidine rings is 1. The number of carbonyl (C=O) groups excluding carboxylic acids is 1. The molecule has 2 saturated heterocycles. The van der Waals surface area contributed by atoms with Crippen molar-refractivity contribution in [3.05, 3.63) is 41.6 Å². The molecule has 3 aliphatic rings. The van der Waals surface area contributed by atoms with Crippen molar-refractivity contribution in [3.8, 4) is 5.75 Å². The topological polar surface area (TPSA) is 83.1 Å². The average Bonchev–Trinajstić information content (AvgIpc) is 3.63. The minimum absolute atomic E-state index is 0.0225. The summed E-state index contributed by atoms with van der Waals surface area (Å²) in [5.74, 6) is 2.42. The van der Waals surface area contributed by atoms with E-state index in [4.69, 9.17) is 14.5 Å². The first-order chi connectivity index (χ1) is 18.6. The van der Waals surface area contributed by atoms with Crippen LogP contribution in [-0.2, 0) is 11.2 Å². The maximum absolute atomic E-state index is 13.9. The number of fused-ring (bicyclic) bond motifs is 1. The molecule has 0 spiro atoms. The van der Waals surface area contributed by atoms with Gasteiger partial charge in [0.2, 0.25) is 5.95 Å². The lowest BCUT2D eigenvalue weighted by Crippen LogP contribution is -2.43.